The molecule has 2 saturated heterocycles. The maximum Gasteiger partial charge on any atom is 0.430 e. The van der Waals surface area contributed by atoms with Gasteiger partial charge < -0.3 is 20.3 Å². The largest absolute Gasteiger partial charge is 0.430 e. The molecule has 1 amide bonds. The molecule has 2 aliphatic rings. The highest BCUT2D eigenvalue weighted by Gasteiger charge is 2.73. The van der Waals surface area contributed by atoms with Gasteiger partial charge >= 0.3 is 12.4 Å². The number of nitriles is 1. The standard InChI is InChI=1S/C33H30F8N4O4S/c34-27-2-1-3-28(35)26(27)18-49-31(32(36,37)38,33(39,40)41)23-6-4-22(5-7-23)30(50(47,48)25-10-8-24(43)9-11-25)14-17-45(19-30)29(46)21-12-15-44(20-42)16-13-21/h1-11,21H,12-19,43H2/t30-/m0/s1. The second-order valence-corrected chi connectivity index (χ2v) is 14.4. The summed E-state index contributed by atoms with van der Waals surface area (Å²) in [4.78, 5) is 16.1. The van der Waals surface area contributed by atoms with Crippen LogP contribution in [0, 0.1) is 29.0 Å². The van der Waals surface area contributed by atoms with Gasteiger partial charge in [0.2, 0.25) is 5.91 Å². The van der Waals surface area contributed by atoms with Gasteiger partial charge in [-0.15, -0.1) is 0 Å². The Morgan fingerprint density at radius 2 is 1.46 bits per heavy atom. The zero-order valence-electron chi connectivity index (χ0n) is 26.1. The van der Waals surface area contributed by atoms with Crippen molar-refractivity contribution in [2.24, 2.45) is 5.92 Å². The summed E-state index contributed by atoms with van der Waals surface area (Å²) in [6, 6.07) is 9.60. The minimum absolute atomic E-state index is 0.0976. The number of alkyl halides is 6. The third kappa shape index (κ3) is 6.34. The van der Waals surface area contributed by atoms with Gasteiger partial charge in [0.1, 0.15) is 16.4 Å². The van der Waals surface area contributed by atoms with E-state index in [1.54, 1.807) is 0 Å². The van der Waals surface area contributed by atoms with E-state index in [1.807, 2.05) is 6.19 Å². The molecular weight excluding hydrogens is 700 g/mol. The summed E-state index contributed by atoms with van der Waals surface area (Å²) in [7, 11) is -4.50. The zero-order valence-corrected chi connectivity index (χ0v) is 26.9. The highest BCUT2D eigenvalue weighted by Crippen LogP contribution is 2.54. The number of anilines is 1. The van der Waals surface area contributed by atoms with Crippen molar-refractivity contribution >= 4 is 21.4 Å². The SMILES string of the molecule is N#CN1CCC(C(=O)N2CC[C@](c3ccc(C(OCc4c(F)cccc4F)(C(F)(F)F)C(F)(F)F)cc3)(S(=O)(=O)c3ccc(N)cc3)C2)CC1. The van der Waals surface area contributed by atoms with Gasteiger partial charge in [-0.25, -0.2) is 17.2 Å². The van der Waals surface area contributed by atoms with E-state index in [0.717, 1.165) is 18.2 Å². The molecular formula is C33H30F8N4O4S. The smallest absolute Gasteiger partial charge is 0.399 e. The predicted octanol–water partition coefficient (Wildman–Crippen LogP) is 6.18. The lowest BCUT2D eigenvalue weighted by Crippen LogP contribution is -2.56. The van der Waals surface area contributed by atoms with Crippen molar-refractivity contribution in [2.75, 3.05) is 31.9 Å². The van der Waals surface area contributed by atoms with Gasteiger partial charge in [0, 0.05) is 48.9 Å². The van der Waals surface area contributed by atoms with E-state index in [-0.39, 0.29) is 29.1 Å². The minimum atomic E-state index is -6.21. The number of benzene rings is 3. The number of hydrogen-bond donors (Lipinski definition) is 1. The van der Waals surface area contributed by atoms with Gasteiger partial charge in [0.15, 0.2) is 16.0 Å². The van der Waals surface area contributed by atoms with Crippen LogP contribution in [0.3, 0.4) is 0 Å². The lowest BCUT2D eigenvalue weighted by molar-refractivity contribution is -0.392. The number of sulfone groups is 1. The van der Waals surface area contributed by atoms with E-state index in [4.69, 9.17) is 11.0 Å². The maximum absolute atomic E-state index is 14.5. The number of piperidine rings is 1. The summed E-state index contributed by atoms with van der Waals surface area (Å²) in [6.07, 6.45) is -10.0. The van der Waals surface area contributed by atoms with Crippen LogP contribution in [0.1, 0.15) is 36.0 Å². The van der Waals surface area contributed by atoms with Gasteiger partial charge in [-0.3, -0.25) is 4.79 Å². The number of nitrogen functional groups attached to an aromatic ring is 1. The Hall–Kier alpha value is -4.43. The molecule has 5 rings (SSSR count). The number of halogens is 8. The molecule has 0 spiro atoms. The van der Waals surface area contributed by atoms with Crippen LogP contribution in [-0.4, -0.2) is 62.7 Å². The lowest BCUT2D eigenvalue weighted by Gasteiger charge is -2.38. The number of carbonyl (C=O) groups is 1. The van der Waals surface area contributed by atoms with Gasteiger partial charge in [-0.1, -0.05) is 30.3 Å². The van der Waals surface area contributed by atoms with Crippen LogP contribution in [0.15, 0.2) is 71.6 Å². The molecule has 0 unspecified atom stereocenters. The average molecular weight is 731 g/mol. The van der Waals surface area contributed by atoms with E-state index in [9.17, 15) is 48.3 Å². The normalized spacial score (nSPS) is 19.4. The number of amides is 1. The van der Waals surface area contributed by atoms with Crippen molar-refractivity contribution in [2.45, 2.75) is 53.5 Å². The second-order valence-electron chi connectivity index (χ2n) is 12.2. The topological polar surface area (TPSA) is 117 Å². The summed E-state index contributed by atoms with van der Waals surface area (Å²) in [5.74, 6) is -3.78. The van der Waals surface area contributed by atoms with E-state index >= 15 is 0 Å². The first-order chi connectivity index (χ1) is 23.4. The first-order valence-electron chi connectivity index (χ1n) is 15.2. The van der Waals surface area contributed by atoms with E-state index in [1.165, 1.54) is 34.1 Å². The molecule has 2 N–H and O–H groups in total. The summed E-state index contributed by atoms with van der Waals surface area (Å²) < 4.78 is 147. The van der Waals surface area contributed by atoms with Crippen LogP contribution < -0.4 is 5.73 Å². The van der Waals surface area contributed by atoms with E-state index in [2.05, 4.69) is 4.74 Å². The fourth-order valence-electron chi connectivity index (χ4n) is 6.53. The number of nitrogens with two attached hydrogens (primary N) is 1. The fourth-order valence-corrected chi connectivity index (χ4v) is 8.61. The lowest BCUT2D eigenvalue weighted by atomic mass is 9.88. The molecule has 2 heterocycles. The number of carbonyl (C=O) groups excluding carboxylic acids is 1. The summed E-state index contributed by atoms with van der Waals surface area (Å²) in [5.41, 5.74) is -2.01. The van der Waals surface area contributed by atoms with Crippen molar-refractivity contribution in [3.05, 3.63) is 95.1 Å². The van der Waals surface area contributed by atoms with Crippen LogP contribution in [0.2, 0.25) is 0 Å². The third-order valence-electron chi connectivity index (χ3n) is 9.34. The molecule has 50 heavy (non-hydrogen) atoms. The summed E-state index contributed by atoms with van der Waals surface area (Å²) in [5, 5.41) is 9.14. The van der Waals surface area contributed by atoms with Gasteiger partial charge in [0.05, 0.1) is 11.5 Å². The molecule has 3 aromatic rings. The van der Waals surface area contributed by atoms with Crippen molar-refractivity contribution in [3.63, 3.8) is 0 Å². The van der Waals surface area contributed by atoms with Crippen LogP contribution in [0.25, 0.3) is 0 Å². The first-order valence-corrected chi connectivity index (χ1v) is 16.7. The van der Waals surface area contributed by atoms with Crippen LogP contribution in [0.4, 0.5) is 40.8 Å². The highest BCUT2D eigenvalue weighted by atomic mass is 32.2. The minimum Gasteiger partial charge on any atom is -0.399 e. The number of ether oxygens (including phenoxy) is 1. The van der Waals surface area contributed by atoms with Crippen LogP contribution in [-0.2, 0) is 36.3 Å². The molecule has 8 nitrogen and oxygen atoms in total. The predicted molar refractivity (Wildman–Crippen MR) is 162 cm³/mol. The number of likely N-dealkylation sites (tertiary alicyclic amines) is 2. The molecule has 0 aliphatic carbocycles. The molecule has 17 heteroatoms. The van der Waals surface area contributed by atoms with Gasteiger partial charge in [-0.05, 0) is 61.2 Å². The van der Waals surface area contributed by atoms with Crippen molar-refractivity contribution in [3.8, 4) is 6.19 Å². The molecule has 1 atom stereocenters. The molecule has 2 fully saturated rings. The Labute approximate surface area is 281 Å². The summed E-state index contributed by atoms with van der Waals surface area (Å²) in [6.45, 7) is -1.70. The Morgan fingerprint density at radius 1 is 0.900 bits per heavy atom. The highest BCUT2D eigenvalue weighted by molar-refractivity contribution is 7.92. The zero-order chi connectivity index (χ0) is 36.7. The molecule has 0 radical (unpaired) electrons. The first kappa shape index (κ1) is 36.8. The van der Waals surface area contributed by atoms with E-state index in [0.29, 0.717) is 50.2 Å². The summed E-state index contributed by atoms with van der Waals surface area (Å²) >= 11 is 0. The van der Waals surface area contributed by atoms with Crippen LogP contribution in [0.5, 0.6) is 0 Å². The van der Waals surface area contributed by atoms with E-state index < -0.39 is 80.3 Å². The van der Waals surface area contributed by atoms with Gasteiger partial charge in [-0.2, -0.15) is 31.6 Å². The maximum atomic E-state index is 14.5. The third-order valence-corrected chi connectivity index (χ3v) is 11.8. The van der Waals surface area contributed by atoms with Crippen LogP contribution >= 0.6 is 0 Å². The van der Waals surface area contributed by atoms with Gasteiger partial charge in [0.25, 0.3) is 5.60 Å². The fraction of sp³-hybridized carbons (Fsp3) is 0.394. The molecule has 0 aromatic heterocycles. The monoisotopic (exact) mass is 730 g/mol. The Kier molecular flexibility index (Phi) is 9.85. The Morgan fingerprint density at radius 3 is 1.98 bits per heavy atom. The second kappa shape index (κ2) is 13.4. The number of rotatable bonds is 8. The quantitative estimate of drug-likeness (QED) is 0.167. The average Bonchev–Trinajstić information content (AvgIpc) is 3.53. The molecule has 0 bridgehead atoms. The van der Waals surface area contributed by atoms with Crippen molar-refractivity contribution in [1.29, 1.82) is 5.26 Å². The van der Waals surface area contributed by atoms with Crippen molar-refractivity contribution in [1.82, 2.24) is 9.80 Å². The Bertz CT molecular complexity index is 1840. The number of hydrogen-bond acceptors (Lipinski definition) is 7. The van der Waals surface area contributed by atoms with Crippen molar-refractivity contribution < 1.29 is 53.1 Å². The number of nitrogens with zero attached hydrogens (tertiary/aromatic N) is 3. The molecule has 3 aromatic carbocycles. The Balaban J connectivity index is 1.57. The molecule has 0 saturated carbocycles. The molecule has 2 aliphatic heterocycles. The molecule has 268 valence electrons.